The Labute approximate surface area is 70.3 Å². The van der Waals surface area contributed by atoms with Gasteiger partial charge < -0.3 is 5.11 Å². The average Bonchev–Trinajstić information content (AvgIpc) is 2.68. The summed E-state index contributed by atoms with van der Waals surface area (Å²) in [6.45, 7) is 0. The summed E-state index contributed by atoms with van der Waals surface area (Å²) < 4.78 is 0. The molecule has 1 saturated carbocycles. The van der Waals surface area contributed by atoms with Crippen LogP contribution >= 0.6 is 23.2 Å². The van der Waals surface area contributed by atoms with Crippen LogP contribution in [-0.2, 0) is 0 Å². The monoisotopic (exact) mass is 178 g/mol. The maximum atomic E-state index is 9.53. The standard InChI is InChI=1S/C7H8Cl2O/c1-2-7(10,5-8)6(9)3-4-6/h1,10H,3-5H2. The normalized spacial score (nSPS) is 26.6. The number of rotatable bonds is 2. The minimum Gasteiger partial charge on any atom is -0.374 e. The second kappa shape index (κ2) is 2.30. The van der Waals surface area contributed by atoms with Gasteiger partial charge in [-0.25, -0.2) is 0 Å². The van der Waals surface area contributed by atoms with E-state index in [1.54, 1.807) is 0 Å². The van der Waals surface area contributed by atoms with Gasteiger partial charge in [-0.2, -0.15) is 0 Å². The zero-order valence-electron chi connectivity index (χ0n) is 5.40. The van der Waals surface area contributed by atoms with Crippen LogP contribution in [0.2, 0.25) is 0 Å². The van der Waals surface area contributed by atoms with Crippen LogP contribution in [0.5, 0.6) is 0 Å². The largest absolute Gasteiger partial charge is 0.374 e. The van der Waals surface area contributed by atoms with E-state index in [0.717, 1.165) is 12.8 Å². The van der Waals surface area contributed by atoms with Crippen LogP contribution in [0.3, 0.4) is 0 Å². The SMILES string of the molecule is C#CC(O)(CCl)C1(Cl)CC1. The summed E-state index contributed by atoms with van der Waals surface area (Å²) in [6, 6.07) is 0. The van der Waals surface area contributed by atoms with Gasteiger partial charge in [0.2, 0.25) is 0 Å². The summed E-state index contributed by atoms with van der Waals surface area (Å²) in [5, 5.41) is 9.53. The third-order valence-electron chi connectivity index (χ3n) is 1.86. The van der Waals surface area contributed by atoms with Crippen molar-refractivity contribution < 1.29 is 5.11 Å². The van der Waals surface area contributed by atoms with Crippen molar-refractivity contribution in [1.29, 1.82) is 0 Å². The topological polar surface area (TPSA) is 20.2 Å². The molecule has 0 aromatic heterocycles. The smallest absolute Gasteiger partial charge is 0.157 e. The summed E-state index contributed by atoms with van der Waals surface area (Å²) in [5.74, 6) is 2.23. The minimum atomic E-state index is -1.31. The van der Waals surface area contributed by atoms with E-state index in [0.29, 0.717) is 0 Å². The fourth-order valence-electron chi connectivity index (χ4n) is 0.811. The molecule has 0 amide bonds. The van der Waals surface area contributed by atoms with Gasteiger partial charge in [-0.15, -0.1) is 29.6 Å². The Hall–Kier alpha value is 0.100. The van der Waals surface area contributed by atoms with Crippen molar-refractivity contribution in [3.05, 3.63) is 0 Å². The van der Waals surface area contributed by atoms with Crippen LogP contribution in [0.4, 0.5) is 0 Å². The van der Waals surface area contributed by atoms with Crippen molar-refractivity contribution in [1.82, 2.24) is 0 Å². The summed E-state index contributed by atoms with van der Waals surface area (Å²) in [7, 11) is 0. The molecule has 1 aliphatic carbocycles. The van der Waals surface area contributed by atoms with Crippen molar-refractivity contribution in [3.63, 3.8) is 0 Å². The lowest BCUT2D eigenvalue weighted by Crippen LogP contribution is -2.41. The minimum absolute atomic E-state index is 0.00694. The zero-order valence-corrected chi connectivity index (χ0v) is 6.91. The molecular weight excluding hydrogens is 171 g/mol. The molecule has 0 aliphatic heterocycles. The quantitative estimate of drug-likeness (QED) is 0.501. The third-order valence-corrected chi connectivity index (χ3v) is 2.94. The fourth-order valence-corrected chi connectivity index (χ4v) is 1.43. The molecule has 0 radical (unpaired) electrons. The van der Waals surface area contributed by atoms with Gasteiger partial charge in [-0.1, -0.05) is 5.92 Å². The van der Waals surface area contributed by atoms with Crippen LogP contribution in [0.1, 0.15) is 12.8 Å². The first-order valence-corrected chi connectivity index (χ1v) is 3.94. The first-order valence-electron chi connectivity index (χ1n) is 3.03. The van der Waals surface area contributed by atoms with Crippen molar-refractivity contribution in [3.8, 4) is 12.3 Å². The predicted molar refractivity (Wildman–Crippen MR) is 42.3 cm³/mol. The van der Waals surface area contributed by atoms with E-state index in [-0.39, 0.29) is 5.88 Å². The number of hydrogen-bond donors (Lipinski definition) is 1. The van der Waals surface area contributed by atoms with E-state index < -0.39 is 10.5 Å². The van der Waals surface area contributed by atoms with Gasteiger partial charge in [-0.05, 0) is 12.8 Å². The Morgan fingerprint density at radius 1 is 1.70 bits per heavy atom. The highest BCUT2D eigenvalue weighted by Gasteiger charge is 2.56. The molecule has 0 spiro atoms. The molecule has 1 nitrogen and oxygen atoms in total. The van der Waals surface area contributed by atoms with E-state index in [2.05, 4.69) is 5.92 Å². The molecule has 1 fully saturated rings. The molecule has 1 N–H and O–H groups in total. The predicted octanol–water partition coefficient (Wildman–Crippen LogP) is 1.36. The van der Waals surface area contributed by atoms with Crippen LogP contribution in [-0.4, -0.2) is 21.5 Å². The molecule has 1 rings (SSSR count). The van der Waals surface area contributed by atoms with Crippen molar-refractivity contribution in [2.75, 3.05) is 5.88 Å². The summed E-state index contributed by atoms with van der Waals surface area (Å²) >= 11 is 11.3. The van der Waals surface area contributed by atoms with E-state index in [4.69, 9.17) is 29.6 Å². The number of alkyl halides is 2. The van der Waals surface area contributed by atoms with Gasteiger partial charge in [0.1, 0.15) is 0 Å². The van der Waals surface area contributed by atoms with Crippen molar-refractivity contribution >= 4 is 23.2 Å². The molecule has 0 aromatic carbocycles. The summed E-state index contributed by atoms with van der Waals surface area (Å²) in [4.78, 5) is -0.635. The first kappa shape index (κ1) is 8.20. The molecular formula is C7H8Cl2O. The Bertz CT molecular complexity index is 181. The van der Waals surface area contributed by atoms with E-state index in [1.807, 2.05) is 0 Å². The average molecular weight is 179 g/mol. The Morgan fingerprint density at radius 2 is 2.20 bits per heavy atom. The molecule has 0 aromatic rings. The number of hydrogen-bond acceptors (Lipinski definition) is 1. The van der Waals surface area contributed by atoms with Gasteiger partial charge in [0.15, 0.2) is 5.60 Å². The number of terminal acetylenes is 1. The van der Waals surface area contributed by atoms with Crippen LogP contribution < -0.4 is 0 Å². The highest BCUT2D eigenvalue weighted by atomic mass is 35.5. The molecule has 56 valence electrons. The highest BCUT2D eigenvalue weighted by molar-refractivity contribution is 6.28. The lowest BCUT2D eigenvalue weighted by molar-refractivity contribution is 0.113. The maximum absolute atomic E-state index is 9.53. The van der Waals surface area contributed by atoms with Gasteiger partial charge in [0.25, 0.3) is 0 Å². The molecule has 0 saturated heterocycles. The first-order chi connectivity index (χ1) is 4.58. The van der Waals surface area contributed by atoms with E-state index in [1.165, 1.54) is 0 Å². The lowest BCUT2D eigenvalue weighted by atomic mass is 10.0. The van der Waals surface area contributed by atoms with Gasteiger partial charge >= 0.3 is 0 Å². The van der Waals surface area contributed by atoms with Gasteiger partial charge in [0, 0.05) is 0 Å². The van der Waals surface area contributed by atoms with Crippen LogP contribution in [0.25, 0.3) is 0 Å². The van der Waals surface area contributed by atoms with E-state index in [9.17, 15) is 5.11 Å². The molecule has 1 atom stereocenters. The summed E-state index contributed by atoms with van der Waals surface area (Å²) in [5.41, 5.74) is -1.31. The Morgan fingerprint density at radius 3 is 2.30 bits per heavy atom. The van der Waals surface area contributed by atoms with Crippen LogP contribution in [0, 0.1) is 12.3 Å². The third kappa shape index (κ3) is 1.01. The second-order valence-electron chi connectivity index (χ2n) is 2.60. The summed E-state index contributed by atoms with van der Waals surface area (Å²) in [6.07, 6.45) is 6.58. The number of aliphatic hydroxyl groups is 1. The zero-order chi connectivity index (χ0) is 7.83. The molecule has 0 bridgehead atoms. The molecule has 1 unspecified atom stereocenters. The van der Waals surface area contributed by atoms with Gasteiger partial charge in [0.05, 0.1) is 10.8 Å². The van der Waals surface area contributed by atoms with Crippen LogP contribution in [0.15, 0.2) is 0 Å². The second-order valence-corrected chi connectivity index (χ2v) is 3.59. The van der Waals surface area contributed by atoms with Gasteiger partial charge in [-0.3, -0.25) is 0 Å². The Kier molecular flexibility index (Phi) is 1.89. The van der Waals surface area contributed by atoms with Crippen molar-refractivity contribution in [2.45, 2.75) is 23.3 Å². The molecule has 10 heavy (non-hydrogen) atoms. The number of halogens is 2. The fraction of sp³-hybridized carbons (Fsp3) is 0.714. The molecule has 3 heteroatoms. The van der Waals surface area contributed by atoms with E-state index >= 15 is 0 Å². The lowest BCUT2D eigenvalue weighted by Gasteiger charge is -2.24. The maximum Gasteiger partial charge on any atom is 0.157 e. The van der Waals surface area contributed by atoms with Crippen molar-refractivity contribution in [2.24, 2.45) is 0 Å². The molecule has 1 aliphatic rings. The molecule has 0 heterocycles. The Balaban J connectivity index is 2.76. The highest BCUT2D eigenvalue weighted by Crippen LogP contribution is 2.51.